The van der Waals surface area contributed by atoms with E-state index in [4.69, 9.17) is 16.2 Å². The topological polar surface area (TPSA) is 259 Å². The number of imidazole rings is 1. The summed E-state index contributed by atoms with van der Waals surface area (Å²) in [7, 11) is -2.85. The zero-order valence-electron chi connectivity index (χ0n) is 42.5. The van der Waals surface area contributed by atoms with E-state index in [0.717, 1.165) is 20.8 Å². The van der Waals surface area contributed by atoms with Gasteiger partial charge in [0.2, 0.25) is 11.8 Å². The van der Waals surface area contributed by atoms with E-state index in [1.54, 1.807) is 95.3 Å². The van der Waals surface area contributed by atoms with Gasteiger partial charge in [-0.2, -0.15) is 0 Å². The number of aromatic nitrogens is 3. The minimum absolute atomic E-state index is 0.0117. The zero-order chi connectivity index (χ0) is 52.3. The van der Waals surface area contributed by atoms with Crippen molar-refractivity contribution in [2.75, 3.05) is 7.05 Å². The fraction of sp³-hybridized carbons (Fsp3) is 0.519. The van der Waals surface area contributed by atoms with E-state index in [1.165, 1.54) is 31.6 Å². The lowest BCUT2D eigenvalue weighted by Gasteiger charge is -2.42. The lowest BCUT2D eigenvalue weighted by atomic mass is 9.65. The van der Waals surface area contributed by atoms with Crippen LogP contribution in [0.15, 0.2) is 96.4 Å². The Morgan fingerprint density at radius 3 is 2.06 bits per heavy atom. The highest BCUT2D eigenvalue weighted by Crippen LogP contribution is 2.39. The van der Waals surface area contributed by atoms with Crippen LogP contribution >= 0.6 is 0 Å². The molecule has 2 aromatic carbocycles. The first kappa shape index (κ1) is 56.8. The molecule has 2 heterocycles. The Kier molecular flexibility index (Phi) is 19.7. The number of nitrogens with two attached hydrogens (primary N) is 2. The quantitative estimate of drug-likeness (QED) is 0.0547. The molecule has 0 aliphatic rings. The number of alkyl carbamates (subject to hydrolysis) is 1. The number of aliphatic hydroxyl groups is 1. The number of ether oxygens (including phenoxy) is 1. The number of nitrogens with one attached hydrogen (secondary N) is 2. The minimum Gasteiger partial charge on any atom is -0.444 e. The van der Waals surface area contributed by atoms with Crippen molar-refractivity contribution >= 4 is 39.5 Å². The molecule has 70 heavy (non-hydrogen) atoms. The Balaban J connectivity index is 1.98. The third-order valence-electron chi connectivity index (χ3n) is 12.7. The Morgan fingerprint density at radius 1 is 0.871 bits per heavy atom. The van der Waals surface area contributed by atoms with Gasteiger partial charge in [0, 0.05) is 38.3 Å². The van der Waals surface area contributed by atoms with Crippen LogP contribution in [-0.4, -0.2) is 105 Å². The average molecular weight is 987 g/mol. The van der Waals surface area contributed by atoms with E-state index in [0.29, 0.717) is 18.4 Å². The first-order chi connectivity index (χ1) is 32.7. The fourth-order valence-electron chi connectivity index (χ4n) is 8.31. The number of carbonyl (C=O) groups excluding carboxylic acids is 5. The Hall–Kier alpha value is -5.82. The van der Waals surface area contributed by atoms with Crippen molar-refractivity contribution in [2.45, 2.75) is 148 Å². The van der Waals surface area contributed by atoms with Gasteiger partial charge in [0.1, 0.15) is 29.4 Å². The number of amides is 3. The largest absolute Gasteiger partial charge is 0.444 e. The van der Waals surface area contributed by atoms with Crippen LogP contribution in [0, 0.1) is 30.1 Å². The normalized spacial score (nSPS) is 15.9. The molecule has 8 atom stereocenters. The number of aryl methyl sites for hydroxylation is 1. The highest BCUT2D eigenvalue weighted by Gasteiger charge is 2.55. The Labute approximate surface area is 413 Å². The molecule has 0 radical (unpaired) electrons. The summed E-state index contributed by atoms with van der Waals surface area (Å²) in [5, 5.41) is 17.5. The minimum atomic E-state index is -4.19. The summed E-state index contributed by atoms with van der Waals surface area (Å²) >= 11 is 0. The summed E-state index contributed by atoms with van der Waals surface area (Å²) in [5.74, 6) is -4.42. The van der Waals surface area contributed by atoms with Crippen LogP contribution in [0.3, 0.4) is 0 Å². The molecule has 4 aromatic rings. The highest BCUT2D eigenvalue weighted by molar-refractivity contribution is 7.90. The second kappa shape index (κ2) is 24.3. The molecule has 0 aliphatic heterocycles. The van der Waals surface area contributed by atoms with Crippen molar-refractivity contribution in [1.29, 1.82) is 0 Å². The summed E-state index contributed by atoms with van der Waals surface area (Å²) in [6, 6.07) is 13.5. The summed E-state index contributed by atoms with van der Waals surface area (Å²) < 4.78 is 34.2. The molecule has 382 valence electrons. The molecule has 2 aromatic heterocycles. The zero-order valence-corrected chi connectivity index (χ0v) is 43.3. The molecule has 4 rings (SSSR count). The first-order valence-electron chi connectivity index (χ1n) is 23.9. The van der Waals surface area contributed by atoms with Crippen molar-refractivity contribution in [1.82, 2.24) is 29.5 Å². The van der Waals surface area contributed by atoms with Crippen LogP contribution in [0.25, 0.3) is 0 Å². The van der Waals surface area contributed by atoms with Crippen molar-refractivity contribution in [3.63, 3.8) is 0 Å². The molecule has 0 spiro atoms. The van der Waals surface area contributed by atoms with Gasteiger partial charge in [-0.25, -0.2) is 22.2 Å². The predicted molar refractivity (Wildman–Crippen MR) is 267 cm³/mol. The lowest BCUT2D eigenvalue weighted by Crippen LogP contribution is -2.62. The van der Waals surface area contributed by atoms with Crippen molar-refractivity contribution in [2.24, 2.45) is 34.6 Å². The lowest BCUT2D eigenvalue weighted by molar-refractivity contribution is -0.156. The molecule has 0 saturated heterocycles. The van der Waals surface area contributed by atoms with Crippen molar-refractivity contribution in [3.05, 3.63) is 114 Å². The molecular formula is C52H74N8O9S. The summed E-state index contributed by atoms with van der Waals surface area (Å²) in [6.07, 6.45) is 1.21. The van der Waals surface area contributed by atoms with Gasteiger partial charge in [-0.3, -0.25) is 24.2 Å². The maximum Gasteiger partial charge on any atom is 0.408 e. The fourth-order valence-corrected chi connectivity index (χ4v) is 9.46. The molecule has 7 N–H and O–H groups in total. The molecule has 3 amide bonds. The van der Waals surface area contributed by atoms with Crippen LogP contribution in [0.4, 0.5) is 4.79 Å². The first-order valence-corrected chi connectivity index (χ1v) is 25.3. The maximum absolute atomic E-state index is 16.2. The van der Waals surface area contributed by atoms with Crippen molar-refractivity contribution in [3.8, 4) is 0 Å². The van der Waals surface area contributed by atoms with Gasteiger partial charge in [-0.1, -0.05) is 102 Å². The second-order valence-electron chi connectivity index (χ2n) is 20.1. The van der Waals surface area contributed by atoms with Gasteiger partial charge in [0.15, 0.2) is 11.6 Å². The number of hydrogen-bond donors (Lipinski definition) is 5. The summed E-state index contributed by atoms with van der Waals surface area (Å²) in [6.45, 7) is 17.6. The maximum atomic E-state index is 16.2. The van der Waals surface area contributed by atoms with E-state index in [1.807, 2.05) is 34.6 Å². The van der Waals surface area contributed by atoms with Crippen LogP contribution < -0.4 is 22.1 Å². The molecule has 18 heteroatoms. The Bertz CT molecular complexity index is 2500. The third-order valence-corrected chi connectivity index (χ3v) is 14.4. The summed E-state index contributed by atoms with van der Waals surface area (Å²) in [4.78, 5) is 84.7. The van der Waals surface area contributed by atoms with E-state index in [2.05, 4.69) is 20.6 Å². The van der Waals surface area contributed by atoms with Gasteiger partial charge in [0.05, 0.1) is 34.5 Å². The van der Waals surface area contributed by atoms with E-state index < -0.39 is 106 Å². The van der Waals surface area contributed by atoms with Gasteiger partial charge < -0.3 is 36.8 Å². The molecule has 17 nitrogen and oxygen atoms in total. The number of benzene rings is 2. The van der Waals surface area contributed by atoms with E-state index >= 15 is 14.4 Å². The SMILES string of the molecule is CC[C@H](C)[C@H](N)C(=O)C(NC(=O)[C@](C[C@H](O)[C@@H](N)CC(C)C)(C(=O)[C@H](Cc1cn(S(=O)(=O)c2ccc(C)cc2)cn1)N(C)C(=O)[C@H](Cc1ccccc1)NC(=O)OC(C)(C)C)C(C)C)c1ccccn1. The molecular weight excluding hydrogens is 913 g/mol. The molecule has 0 fully saturated rings. The summed E-state index contributed by atoms with van der Waals surface area (Å²) in [5.41, 5.74) is 11.6. The molecule has 0 bridgehead atoms. The monoisotopic (exact) mass is 987 g/mol. The molecule has 0 aliphatic carbocycles. The third kappa shape index (κ3) is 14.4. The smallest absolute Gasteiger partial charge is 0.408 e. The number of pyridine rings is 1. The van der Waals surface area contributed by atoms with Crippen LogP contribution in [0.2, 0.25) is 0 Å². The van der Waals surface area contributed by atoms with Gasteiger partial charge in [-0.15, -0.1) is 0 Å². The van der Waals surface area contributed by atoms with Gasteiger partial charge in [0.25, 0.3) is 10.0 Å². The number of carbonyl (C=O) groups is 5. The van der Waals surface area contributed by atoms with Gasteiger partial charge >= 0.3 is 6.09 Å². The molecule has 0 saturated carbocycles. The second-order valence-corrected chi connectivity index (χ2v) is 21.9. The predicted octanol–water partition coefficient (Wildman–Crippen LogP) is 5.46. The van der Waals surface area contributed by atoms with E-state index in [9.17, 15) is 23.1 Å². The van der Waals surface area contributed by atoms with E-state index in [-0.39, 0.29) is 34.5 Å². The number of rotatable bonds is 24. The molecule has 1 unspecified atom stereocenters. The van der Waals surface area contributed by atoms with Crippen molar-refractivity contribution < 1.29 is 42.2 Å². The van der Waals surface area contributed by atoms with Gasteiger partial charge in [-0.05, 0) is 88.1 Å². The standard InChI is InChI=1S/C52H74N8O9S/c1-12-35(7)44(54)46(62)45(40-20-16-17-25-55-40)58-49(65)52(33(4)5,29-43(61)39(53)26-32(2)3)47(63)42(28-37-30-60(31-56-37)70(67,68)38-23-21-34(6)22-24-38)59(11)48(64)41(27-36-18-14-13-15-19-36)57-50(66)69-51(8,9)10/h13-25,30-33,35,39,41-45,61H,12,26-29,53-54H2,1-11H3,(H,57,66)(H,58,65)/t35-,39-,41-,42-,43-,44-,45?,52-/m0/s1. The number of nitrogens with zero attached hydrogens (tertiary/aromatic N) is 4. The average Bonchev–Trinajstić information content (AvgIpc) is 3.79. The number of hydrogen-bond acceptors (Lipinski definition) is 13. The van der Waals surface area contributed by atoms with Crippen LogP contribution in [0.5, 0.6) is 0 Å². The number of likely N-dealkylation sites (N-methyl/N-ethyl adjacent to an activating group) is 1. The number of aliphatic hydroxyl groups excluding tert-OH is 1. The van der Waals surface area contributed by atoms with Crippen LogP contribution in [-0.2, 0) is 46.8 Å². The van der Waals surface area contributed by atoms with Crippen LogP contribution in [0.1, 0.15) is 110 Å². The Morgan fingerprint density at radius 2 is 1.50 bits per heavy atom. The number of Topliss-reactive ketones (excluding diaryl/α,β-unsaturated/α-hetero) is 2. The number of ketones is 2. The highest BCUT2D eigenvalue weighted by atomic mass is 32.2.